The molecular formula is C26H25Cl2N3O2. The van der Waals surface area contributed by atoms with Crippen LogP contribution in [0.5, 0.6) is 0 Å². The topological polar surface area (TPSA) is 70.6 Å². The SMILES string of the molecule is C/C(=N\NC(=O)c1ccc(C(C)(C)C)cc1)c1cccc(NC(=O)c2ccc(Cl)cc2Cl)c1. The summed E-state index contributed by atoms with van der Waals surface area (Å²) in [4.78, 5) is 25.0. The molecule has 0 bridgehead atoms. The molecule has 0 heterocycles. The maximum absolute atomic E-state index is 12.6. The van der Waals surface area contributed by atoms with Crippen LogP contribution < -0.4 is 10.7 Å². The van der Waals surface area contributed by atoms with Gasteiger partial charge in [-0.1, -0.05) is 68.2 Å². The van der Waals surface area contributed by atoms with Gasteiger partial charge in [-0.15, -0.1) is 0 Å². The van der Waals surface area contributed by atoms with Gasteiger partial charge in [0.15, 0.2) is 0 Å². The summed E-state index contributed by atoms with van der Waals surface area (Å²) >= 11 is 12.0. The van der Waals surface area contributed by atoms with Crippen molar-refractivity contribution in [3.05, 3.63) is 99.0 Å². The first kappa shape index (κ1) is 24.5. The van der Waals surface area contributed by atoms with Crippen LogP contribution in [0.15, 0.2) is 71.8 Å². The molecule has 3 aromatic rings. The van der Waals surface area contributed by atoms with E-state index in [1.165, 1.54) is 6.07 Å². The molecule has 0 aliphatic carbocycles. The molecule has 170 valence electrons. The van der Waals surface area contributed by atoms with Gasteiger partial charge in [0.25, 0.3) is 11.8 Å². The Kier molecular flexibility index (Phi) is 7.57. The molecule has 0 aliphatic rings. The molecule has 2 N–H and O–H groups in total. The van der Waals surface area contributed by atoms with Gasteiger partial charge in [0.1, 0.15) is 0 Å². The zero-order valence-electron chi connectivity index (χ0n) is 18.9. The van der Waals surface area contributed by atoms with Gasteiger partial charge in [-0.2, -0.15) is 5.10 Å². The second kappa shape index (κ2) is 10.2. The van der Waals surface area contributed by atoms with Crippen molar-refractivity contribution in [2.24, 2.45) is 5.10 Å². The Bertz CT molecular complexity index is 1210. The summed E-state index contributed by atoms with van der Waals surface area (Å²) in [5.41, 5.74) is 6.52. The van der Waals surface area contributed by atoms with E-state index in [-0.39, 0.29) is 22.3 Å². The lowest BCUT2D eigenvalue weighted by atomic mass is 9.87. The molecule has 0 unspecified atom stereocenters. The Morgan fingerprint density at radius 3 is 2.18 bits per heavy atom. The second-order valence-electron chi connectivity index (χ2n) is 8.62. The minimum absolute atomic E-state index is 0.0169. The van der Waals surface area contributed by atoms with Crippen molar-refractivity contribution < 1.29 is 9.59 Å². The summed E-state index contributed by atoms with van der Waals surface area (Å²) in [6.07, 6.45) is 0. The van der Waals surface area contributed by atoms with E-state index >= 15 is 0 Å². The third-order valence-electron chi connectivity index (χ3n) is 5.05. The van der Waals surface area contributed by atoms with E-state index in [1.807, 2.05) is 18.2 Å². The fourth-order valence-electron chi connectivity index (χ4n) is 3.08. The van der Waals surface area contributed by atoms with E-state index in [0.717, 1.165) is 11.1 Å². The van der Waals surface area contributed by atoms with Crippen molar-refractivity contribution in [2.75, 3.05) is 5.32 Å². The molecule has 2 amide bonds. The zero-order valence-corrected chi connectivity index (χ0v) is 20.4. The molecule has 0 saturated heterocycles. The van der Waals surface area contributed by atoms with Gasteiger partial charge in [-0.25, -0.2) is 5.43 Å². The van der Waals surface area contributed by atoms with Gasteiger partial charge in [0.2, 0.25) is 0 Å². The van der Waals surface area contributed by atoms with Crippen LogP contribution in [0.25, 0.3) is 0 Å². The number of nitrogens with zero attached hydrogens (tertiary/aromatic N) is 1. The lowest BCUT2D eigenvalue weighted by Crippen LogP contribution is -2.20. The predicted octanol–water partition coefficient (Wildman–Crippen LogP) is 6.70. The molecule has 0 saturated carbocycles. The standard InChI is InChI=1S/C26H25Cl2N3O2/c1-16(30-31-24(32)17-8-10-19(11-9-17)26(2,3)4)18-6-5-7-21(14-18)29-25(33)22-13-12-20(27)15-23(22)28/h5-15H,1-4H3,(H,29,33)(H,31,32)/b30-16+. The van der Waals surface area contributed by atoms with E-state index in [1.54, 1.807) is 49.4 Å². The first-order chi connectivity index (χ1) is 15.5. The normalized spacial score (nSPS) is 11.8. The second-order valence-corrected chi connectivity index (χ2v) is 9.47. The average Bonchev–Trinajstić information content (AvgIpc) is 2.76. The Morgan fingerprint density at radius 1 is 0.848 bits per heavy atom. The van der Waals surface area contributed by atoms with Crippen LogP contribution in [-0.4, -0.2) is 17.5 Å². The van der Waals surface area contributed by atoms with Gasteiger partial charge in [0, 0.05) is 16.3 Å². The Hall–Kier alpha value is -3.15. The summed E-state index contributed by atoms with van der Waals surface area (Å²) < 4.78 is 0. The number of anilines is 1. The highest BCUT2D eigenvalue weighted by molar-refractivity contribution is 6.37. The molecule has 0 atom stereocenters. The number of hydrogen-bond acceptors (Lipinski definition) is 3. The number of rotatable bonds is 5. The van der Waals surface area contributed by atoms with Crippen LogP contribution in [0.1, 0.15) is 59.5 Å². The fraction of sp³-hybridized carbons (Fsp3) is 0.192. The third kappa shape index (κ3) is 6.44. The highest BCUT2D eigenvalue weighted by Crippen LogP contribution is 2.23. The number of amides is 2. The van der Waals surface area contributed by atoms with Crippen LogP contribution in [-0.2, 0) is 5.41 Å². The predicted molar refractivity (Wildman–Crippen MR) is 136 cm³/mol. The summed E-state index contributed by atoms with van der Waals surface area (Å²) in [6.45, 7) is 8.14. The summed E-state index contributed by atoms with van der Waals surface area (Å²) in [5.74, 6) is -0.646. The molecule has 0 radical (unpaired) electrons. The summed E-state index contributed by atoms with van der Waals surface area (Å²) in [7, 11) is 0. The van der Waals surface area contributed by atoms with Crippen molar-refractivity contribution >= 4 is 46.4 Å². The fourth-order valence-corrected chi connectivity index (χ4v) is 3.57. The molecule has 0 fully saturated rings. The van der Waals surface area contributed by atoms with Crippen LogP contribution in [0.2, 0.25) is 10.0 Å². The van der Waals surface area contributed by atoms with Crippen LogP contribution >= 0.6 is 23.2 Å². The van der Waals surface area contributed by atoms with Gasteiger partial charge < -0.3 is 5.32 Å². The van der Waals surface area contributed by atoms with Crippen molar-refractivity contribution in [3.8, 4) is 0 Å². The quantitative estimate of drug-likeness (QED) is 0.314. The minimum Gasteiger partial charge on any atom is -0.322 e. The van der Waals surface area contributed by atoms with Gasteiger partial charge in [0.05, 0.1) is 16.3 Å². The third-order valence-corrected chi connectivity index (χ3v) is 5.60. The lowest BCUT2D eigenvalue weighted by Gasteiger charge is -2.18. The van der Waals surface area contributed by atoms with E-state index in [0.29, 0.717) is 27.5 Å². The van der Waals surface area contributed by atoms with Crippen molar-refractivity contribution in [1.29, 1.82) is 0 Å². The Morgan fingerprint density at radius 2 is 1.55 bits per heavy atom. The number of hydrogen-bond donors (Lipinski definition) is 2. The Balaban J connectivity index is 1.69. The smallest absolute Gasteiger partial charge is 0.271 e. The molecule has 0 aromatic heterocycles. The lowest BCUT2D eigenvalue weighted by molar-refractivity contribution is 0.0954. The van der Waals surface area contributed by atoms with Gasteiger partial charge in [-0.3, -0.25) is 9.59 Å². The van der Waals surface area contributed by atoms with Crippen LogP contribution in [0.3, 0.4) is 0 Å². The van der Waals surface area contributed by atoms with E-state index in [2.05, 4.69) is 36.6 Å². The largest absolute Gasteiger partial charge is 0.322 e. The van der Waals surface area contributed by atoms with E-state index in [9.17, 15) is 9.59 Å². The monoisotopic (exact) mass is 481 g/mol. The summed E-state index contributed by atoms with van der Waals surface area (Å²) in [6, 6.07) is 19.3. The van der Waals surface area contributed by atoms with E-state index in [4.69, 9.17) is 23.2 Å². The molecule has 3 rings (SSSR count). The number of benzene rings is 3. The molecule has 0 spiro atoms. The number of nitrogens with one attached hydrogen (secondary N) is 2. The molecule has 7 heteroatoms. The first-order valence-electron chi connectivity index (χ1n) is 10.4. The minimum atomic E-state index is -0.351. The van der Waals surface area contributed by atoms with Gasteiger partial charge >= 0.3 is 0 Å². The maximum Gasteiger partial charge on any atom is 0.271 e. The number of carbonyl (C=O) groups excluding carboxylic acids is 2. The number of halogens is 2. The highest BCUT2D eigenvalue weighted by Gasteiger charge is 2.14. The van der Waals surface area contributed by atoms with Crippen molar-refractivity contribution in [1.82, 2.24) is 5.43 Å². The van der Waals surface area contributed by atoms with E-state index < -0.39 is 0 Å². The molecule has 3 aromatic carbocycles. The summed E-state index contributed by atoms with van der Waals surface area (Å²) in [5, 5.41) is 7.75. The molecular weight excluding hydrogens is 457 g/mol. The first-order valence-corrected chi connectivity index (χ1v) is 11.1. The van der Waals surface area contributed by atoms with Crippen LogP contribution in [0.4, 0.5) is 5.69 Å². The maximum atomic E-state index is 12.6. The highest BCUT2D eigenvalue weighted by atomic mass is 35.5. The zero-order chi connectivity index (χ0) is 24.2. The van der Waals surface area contributed by atoms with Crippen LogP contribution in [0, 0.1) is 0 Å². The van der Waals surface area contributed by atoms with Gasteiger partial charge in [-0.05, 0) is 65.9 Å². The van der Waals surface area contributed by atoms with Crippen molar-refractivity contribution in [2.45, 2.75) is 33.1 Å². The number of carbonyl (C=O) groups is 2. The van der Waals surface area contributed by atoms with Crippen molar-refractivity contribution in [3.63, 3.8) is 0 Å². The number of hydrazone groups is 1. The Labute approximate surface area is 203 Å². The average molecular weight is 482 g/mol. The molecule has 33 heavy (non-hydrogen) atoms. The molecule has 5 nitrogen and oxygen atoms in total. The molecule has 0 aliphatic heterocycles.